The van der Waals surface area contributed by atoms with Gasteiger partial charge in [-0.05, 0) is 57.9 Å². The van der Waals surface area contributed by atoms with E-state index in [9.17, 15) is 22.8 Å². The Morgan fingerprint density at radius 3 is 2.28 bits per heavy atom. The van der Waals surface area contributed by atoms with Gasteiger partial charge in [-0.1, -0.05) is 44.2 Å². The van der Waals surface area contributed by atoms with Crippen LogP contribution >= 0.6 is 0 Å². The van der Waals surface area contributed by atoms with Crippen LogP contribution in [0.1, 0.15) is 71.8 Å². The Bertz CT molecular complexity index is 1030. The van der Waals surface area contributed by atoms with Crippen molar-refractivity contribution in [3.63, 3.8) is 0 Å². The summed E-state index contributed by atoms with van der Waals surface area (Å²) in [5, 5.41) is 10.9. The van der Waals surface area contributed by atoms with Crippen molar-refractivity contribution in [2.75, 3.05) is 26.2 Å². The molecule has 220 valence electrons. The van der Waals surface area contributed by atoms with Gasteiger partial charge < -0.3 is 24.9 Å². The maximum atomic E-state index is 13.6. The van der Waals surface area contributed by atoms with Crippen molar-refractivity contribution in [1.29, 1.82) is 0 Å². The molecule has 1 aliphatic rings. The van der Waals surface area contributed by atoms with Gasteiger partial charge in [-0.15, -0.1) is 0 Å². The van der Waals surface area contributed by atoms with Crippen molar-refractivity contribution in [3.05, 3.63) is 35.9 Å². The fraction of sp³-hybridized carbons (Fsp3) is 0.679. The Kier molecular flexibility index (Phi) is 12.4. The van der Waals surface area contributed by atoms with Gasteiger partial charge in [-0.2, -0.15) is 0 Å². The number of aliphatic hydroxyl groups excluding tert-OH is 1. The fourth-order valence-corrected chi connectivity index (χ4v) is 6.64. The second-order valence-electron chi connectivity index (χ2n) is 11.5. The van der Waals surface area contributed by atoms with Crippen LogP contribution in [0.2, 0.25) is 0 Å². The van der Waals surface area contributed by atoms with Gasteiger partial charge in [-0.25, -0.2) is 17.9 Å². The minimum absolute atomic E-state index is 0.0150. The summed E-state index contributed by atoms with van der Waals surface area (Å²) in [6, 6.07) is 7.83. The van der Waals surface area contributed by atoms with Crippen molar-refractivity contribution >= 4 is 28.3 Å². The molecule has 0 bridgehead atoms. The molecule has 10 nitrogen and oxygen atoms in total. The molecule has 39 heavy (non-hydrogen) atoms. The van der Waals surface area contributed by atoms with E-state index in [4.69, 9.17) is 9.84 Å². The maximum absolute atomic E-state index is 13.6. The summed E-state index contributed by atoms with van der Waals surface area (Å²) >= 11 is 0. The molecular formula is C28H45N3O7S. The van der Waals surface area contributed by atoms with Crippen molar-refractivity contribution in [2.24, 2.45) is 11.8 Å². The number of rotatable bonds is 13. The van der Waals surface area contributed by atoms with Crippen LogP contribution in [-0.4, -0.2) is 79.8 Å². The van der Waals surface area contributed by atoms with E-state index in [1.165, 1.54) is 0 Å². The van der Waals surface area contributed by atoms with Crippen LogP contribution in [0.4, 0.5) is 4.79 Å². The third-order valence-electron chi connectivity index (χ3n) is 6.65. The lowest BCUT2D eigenvalue weighted by Crippen LogP contribution is -2.55. The molecule has 2 amide bonds. The van der Waals surface area contributed by atoms with E-state index in [0.717, 1.165) is 0 Å². The summed E-state index contributed by atoms with van der Waals surface area (Å²) in [5.74, 6) is -1.69. The first kappa shape index (κ1) is 32.7. The molecule has 2 rings (SSSR count). The van der Waals surface area contributed by atoms with Gasteiger partial charge in [0.05, 0.1) is 5.92 Å². The molecule has 0 spiro atoms. The van der Waals surface area contributed by atoms with E-state index in [1.807, 2.05) is 13.8 Å². The second-order valence-corrected chi connectivity index (χ2v) is 13.5. The normalized spacial score (nSPS) is 17.4. The maximum Gasteiger partial charge on any atom is 0.410 e. The molecule has 1 saturated heterocycles. The molecule has 0 saturated carbocycles. The van der Waals surface area contributed by atoms with Crippen LogP contribution < -0.4 is 10.0 Å². The summed E-state index contributed by atoms with van der Waals surface area (Å²) in [4.78, 5) is 39.9. The highest BCUT2D eigenvalue weighted by Crippen LogP contribution is 2.29. The molecule has 0 radical (unpaired) electrons. The minimum atomic E-state index is -4.09. The number of hydrogen-bond donors (Lipinski definition) is 3. The molecule has 1 fully saturated rings. The summed E-state index contributed by atoms with van der Waals surface area (Å²) in [6.07, 6.45) is 1.61. The number of benzene rings is 1. The van der Waals surface area contributed by atoms with Gasteiger partial charge in [0, 0.05) is 38.2 Å². The monoisotopic (exact) mass is 567 g/mol. The quantitative estimate of drug-likeness (QED) is 0.246. The van der Waals surface area contributed by atoms with Gasteiger partial charge in [0.2, 0.25) is 15.9 Å². The zero-order valence-corrected chi connectivity index (χ0v) is 24.6. The number of ether oxygens (including phenoxy) is 1. The Balaban J connectivity index is 2.29. The van der Waals surface area contributed by atoms with E-state index in [-0.39, 0.29) is 31.4 Å². The molecule has 1 aromatic rings. The Morgan fingerprint density at radius 1 is 1.15 bits per heavy atom. The summed E-state index contributed by atoms with van der Waals surface area (Å²) in [6.45, 7) is 9.79. The number of amides is 2. The van der Waals surface area contributed by atoms with Gasteiger partial charge in [0.25, 0.3) is 0 Å². The largest absolute Gasteiger partial charge is 0.444 e. The predicted octanol–water partition coefficient (Wildman–Crippen LogP) is 2.82. The van der Waals surface area contributed by atoms with E-state index in [0.29, 0.717) is 44.2 Å². The SMILES string of the molecule is CC(C)CC(NC(=O)C1CCN(C(=O)OC(C)(C)C)CC1)C(C(C=O)c1ccccc1)S(=O)(=O)NCCCO. The van der Waals surface area contributed by atoms with E-state index in [1.54, 1.807) is 56.0 Å². The highest BCUT2D eigenvalue weighted by atomic mass is 32.2. The predicted molar refractivity (Wildman–Crippen MR) is 150 cm³/mol. The fourth-order valence-electron chi connectivity index (χ4n) is 4.80. The van der Waals surface area contributed by atoms with Crippen LogP contribution in [0.15, 0.2) is 30.3 Å². The lowest BCUT2D eigenvalue weighted by molar-refractivity contribution is -0.127. The summed E-state index contributed by atoms with van der Waals surface area (Å²) in [7, 11) is -4.09. The molecule has 0 aromatic heterocycles. The molecule has 11 heteroatoms. The third-order valence-corrected chi connectivity index (χ3v) is 8.59. The first-order valence-corrected chi connectivity index (χ1v) is 15.2. The topological polar surface area (TPSA) is 142 Å². The summed E-state index contributed by atoms with van der Waals surface area (Å²) < 4.78 is 35.2. The van der Waals surface area contributed by atoms with Gasteiger partial charge in [0.15, 0.2) is 0 Å². The second kappa shape index (κ2) is 14.8. The van der Waals surface area contributed by atoms with Crippen molar-refractivity contribution in [3.8, 4) is 0 Å². The number of hydrogen-bond acceptors (Lipinski definition) is 7. The number of likely N-dealkylation sites (tertiary alicyclic amines) is 1. The number of carbonyl (C=O) groups is 3. The summed E-state index contributed by atoms with van der Waals surface area (Å²) in [5.41, 5.74) is -0.0756. The lowest BCUT2D eigenvalue weighted by atomic mass is 9.88. The lowest BCUT2D eigenvalue weighted by Gasteiger charge is -2.36. The zero-order valence-electron chi connectivity index (χ0n) is 23.8. The number of carbonyl (C=O) groups excluding carboxylic acids is 3. The molecular weight excluding hydrogens is 522 g/mol. The Morgan fingerprint density at radius 2 is 1.77 bits per heavy atom. The molecule has 3 atom stereocenters. The average molecular weight is 568 g/mol. The smallest absolute Gasteiger partial charge is 0.410 e. The Hall–Kier alpha value is -2.50. The highest BCUT2D eigenvalue weighted by Gasteiger charge is 2.42. The van der Waals surface area contributed by atoms with Crippen LogP contribution in [0, 0.1) is 11.8 Å². The molecule has 3 unspecified atom stereocenters. The molecule has 1 heterocycles. The first-order chi connectivity index (χ1) is 18.3. The molecule has 1 aliphatic heterocycles. The van der Waals surface area contributed by atoms with E-state index in [2.05, 4.69) is 10.0 Å². The number of nitrogens with one attached hydrogen (secondary N) is 2. The third kappa shape index (κ3) is 10.2. The van der Waals surface area contributed by atoms with E-state index < -0.39 is 44.8 Å². The van der Waals surface area contributed by atoms with E-state index >= 15 is 0 Å². The number of nitrogens with zero attached hydrogens (tertiary/aromatic N) is 1. The van der Waals surface area contributed by atoms with Crippen molar-refractivity contribution in [1.82, 2.24) is 14.9 Å². The highest BCUT2D eigenvalue weighted by molar-refractivity contribution is 7.90. The van der Waals surface area contributed by atoms with Gasteiger partial charge >= 0.3 is 6.09 Å². The van der Waals surface area contributed by atoms with Gasteiger partial charge in [-0.3, -0.25) is 4.79 Å². The van der Waals surface area contributed by atoms with Gasteiger partial charge in [0.1, 0.15) is 17.1 Å². The number of aliphatic hydroxyl groups is 1. The average Bonchev–Trinajstić information content (AvgIpc) is 2.86. The number of aldehydes is 1. The standard InChI is InChI=1S/C28H45N3O7S/c1-20(2)18-24(30-26(34)22-12-15-31(16-13-22)27(35)38-28(3,4)5)25(39(36,37)29-14-9-17-32)23(19-33)21-10-7-6-8-11-21/h6-8,10-11,19-20,22-25,29,32H,9,12-18H2,1-5H3,(H,30,34). The minimum Gasteiger partial charge on any atom is -0.444 e. The van der Waals surface area contributed by atoms with Crippen LogP contribution in [-0.2, 0) is 24.3 Å². The van der Waals surface area contributed by atoms with Crippen LogP contribution in [0.25, 0.3) is 0 Å². The number of sulfonamides is 1. The van der Waals surface area contributed by atoms with Crippen molar-refractivity contribution in [2.45, 2.75) is 83.1 Å². The zero-order chi connectivity index (χ0) is 29.2. The molecule has 1 aromatic carbocycles. The molecule has 3 N–H and O–H groups in total. The van der Waals surface area contributed by atoms with Crippen LogP contribution in [0.5, 0.6) is 0 Å². The van der Waals surface area contributed by atoms with Crippen molar-refractivity contribution < 1.29 is 32.6 Å². The Labute approximate surface area is 232 Å². The molecule has 0 aliphatic carbocycles. The first-order valence-electron chi connectivity index (χ1n) is 13.7. The number of piperidine rings is 1. The van der Waals surface area contributed by atoms with Crippen LogP contribution in [0.3, 0.4) is 0 Å².